The van der Waals surface area contributed by atoms with Crippen LogP contribution in [0.25, 0.3) is 5.57 Å². The fourth-order valence-electron chi connectivity index (χ4n) is 3.19. The molecule has 2 amide bonds. The molecule has 1 N–H and O–H groups in total. The zero-order valence-electron chi connectivity index (χ0n) is 14.3. The fraction of sp³-hybridized carbons (Fsp3) is 0.444. The van der Waals surface area contributed by atoms with Crippen LogP contribution in [0, 0.1) is 13.8 Å². The molecule has 1 atom stereocenters. The van der Waals surface area contributed by atoms with E-state index in [0.717, 1.165) is 30.0 Å². The van der Waals surface area contributed by atoms with E-state index in [9.17, 15) is 4.79 Å². The minimum absolute atomic E-state index is 0.00455. The number of hydrogen-bond donors (Lipinski definition) is 1. The highest BCUT2D eigenvalue weighted by Gasteiger charge is 2.21. The predicted molar refractivity (Wildman–Crippen MR) is 96.3 cm³/mol. The first-order valence-corrected chi connectivity index (χ1v) is 9.12. The quantitative estimate of drug-likeness (QED) is 0.912. The molecule has 3 rings (SSSR count). The Morgan fingerprint density at radius 1 is 1.50 bits per heavy atom. The van der Waals surface area contributed by atoms with Crippen molar-refractivity contribution < 1.29 is 9.32 Å². The van der Waals surface area contributed by atoms with Gasteiger partial charge in [0.05, 0.1) is 5.69 Å². The van der Waals surface area contributed by atoms with Gasteiger partial charge in [-0.3, -0.25) is 0 Å². The molecule has 128 valence electrons. The van der Waals surface area contributed by atoms with Crippen LogP contribution >= 0.6 is 11.3 Å². The average Bonchev–Trinajstić information content (AvgIpc) is 3.23. The topological polar surface area (TPSA) is 58.4 Å². The second kappa shape index (κ2) is 7.21. The molecular weight excluding hydrogens is 322 g/mol. The summed E-state index contributed by atoms with van der Waals surface area (Å²) in [6, 6.07) is 4.20. The highest BCUT2D eigenvalue weighted by Crippen LogP contribution is 2.26. The van der Waals surface area contributed by atoms with Crippen molar-refractivity contribution in [1.82, 2.24) is 15.4 Å². The van der Waals surface area contributed by atoms with E-state index in [4.69, 9.17) is 4.52 Å². The van der Waals surface area contributed by atoms with E-state index in [2.05, 4.69) is 41.0 Å². The maximum atomic E-state index is 12.4. The summed E-state index contributed by atoms with van der Waals surface area (Å²) in [6.45, 7) is 7.94. The lowest BCUT2D eigenvalue weighted by atomic mass is 10.00. The zero-order chi connectivity index (χ0) is 17.1. The molecule has 0 radical (unpaired) electrons. The Morgan fingerprint density at radius 2 is 2.33 bits per heavy atom. The number of urea groups is 1. The van der Waals surface area contributed by atoms with Gasteiger partial charge in [0.2, 0.25) is 0 Å². The normalized spacial score (nSPS) is 16.0. The third kappa shape index (κ3) is 3.53. The van der Waals surface area contributed by atoms with Gasteiger partial charge >= 0.3 is 6.03 Å². The summed E-state index contributed by atoms with van der Waals surface area (Å²) in [4.78, 5) is 15.6. The van der Waals surface area contributed by atoms with Crippen LogP contribution < -0.4 is 5.32 Å². The number of hydrogen-bond acceptors (Lipinski definition) is 4. The summed E-state index contributed by atoms with van der Waals surface area (Å²) in [6.07, 6.45) is 3.07. The van der Waals surface area contributed by atoms with Crippen LogP contribution in [-0.4, -0.2) is 35.7 Å². The molecule has 1 aliphatic heterocycles. The molecule has 2 aromatic heterocycles. The van der Waals surface area contributed by atoms with Crippen LogP contribution in [-0.2, 0) is 0 Å². The predicted octanol–water partition coefficient (Wildman–Crippen LogP) is 3.96. The van der Waals surface area contributed by atoms with Crippen LogP contribution in [0.1, 0.15) is 41.2 Å². The van der Waals surface area contributed by atoms with Gasteiger partial charge in [0.15, 0.2) is 0 Å². The first kappa shape index (κ1) is 16.8. The van der Waals surface area contributed by atoms with E-state index in [1.165, 1.54) is 10.5 Å². The molecule has 0 saturated carbocycles. The standard InChI is InChI=1S/C18H23N3O2S/c1-12(17-13(2)20-23-14(17)3)11-19-18(22)21-8-6-15(7-9-21)16-5-4-10-24-16/h4-6,10,12H,7-9,11H2,1-3H3,(H,19,22). The van der Waals surface area contributed by atoms with E-state index in [0.29, 0.717) is 13.1 Å². The van der Waals surface area contributed by atoms with Crippen LogP contribution in [0.3, 0.4) is 0 Å². The summed E-state index contributed by atoms with van der Waals surface area (Å²) in [7, 11) is 0. The van der Waals surface area contributed by atoms with Crippen molar-refractivity contribution in [3.05, 3.63) is 45.5 Å². The lowest BCUT2D eigenvalue weighted by Gasteiger charge is -2.27. The van der Waals surface area contributed by atoms with Crippen molar-refractivity contribution >= 4 is 22.9 Å². The van der Waals surface area contributed by atoms with Crippen molar-refractivity contribution in [2.24, 2.45) is 0 Å². The van der Waals surface area contributed by atoms with Gasteiger partial charge in [-0.15, -0.1) is 11.3 Å². The van der Waals surface area contributed by atoms with Crippen LogP contribution in [0.5, 0.6) is 0 Å². The second-order valence-electron chi connectivity index (χ2n) is 6.23. The Bertz CT molecular complexity index is 714. The molecule has 2 aromatic rings. The highest BCUT2D eigenvalue weighted by molar-refractivity contribution is 7.11. The number of aryl methyl sites for hydroxylation is 2. The van der Waals surface area contributed by atoms with Crippen molar-refractivity contribution in [2.75, 3.05) is 19.6 Å². The monoisotopic (exact) mass is 345 g/mol. The molecule has 1 aliphatic rings. The number of carbonyl (C=O) groups is 1. The van der Waals surface area contributed by atoms with Gasteiger partial charge in [-0.1, -0.05) is 24.2 Å². The minimum Gasteiger partial charge on any atom is -0.361 e. The third-order valence-corrected chi connectivity index (χ3v) is 5.42. The summed E-state index contributed by atoms with van der Waals surface area (Å²) < 4.78 is 5.21. The second-order valence-corrected chi connectivity index (χ2v) is 7.18. The van der Waals surface area contributed by atoms with Crippen LogP contribution in [0.15, 0.2) is 28.1 Å². The van der Waals surface area contributed by atoms with Gasteiger partial charge in [0.1, 0.15) is 5.76 Å². The summed E-state index contributed by atoms with van der Waals surface area (Å²) in [5, 5.41) is 9.11. The van der Waals surface area contributed by atoms with Crippen molar-refractivity contribution in [3.63, 3.8) is 0 Å². The number of carbonyl (C=O) groups excluding carboxylic acids is 1. The van der Waals surface area contributed by atoms with Gasteiger partial charge in [-0.05, 0) is 37.3 Å². The molecule has 1 unspecified atom stereocenters. The maximum absolute atomic E-state index is 12.4. The number of rotatable bonds is 4. The van der Waals surface area contributed by atoms with E-state index in [1.807, 2.05) is 18.7 Å². The molecule has 6 heteroatoms. The third-order valence-electron chi connectivity index (χ3n) is 4.47. The molecule has 0 saturated heterocycles. The number of aromatic nitrogens is 1. The molecule has 24 heavy (non-hydrogen) atoms. The SMILES string of the molecule is Cc1noc(C)c1C(C)CNC(=O)N1CC=C(c2cccs2)CC1. The molecule has 5 nitrogen and oxygen atoms in total. The number of nitrogens with one attached hydrogen (secondary N) is 1. The number of thiophene rings is 1. The molecule has 0 aromatic carbocycles. The Balaban J connectivity index is 1.53. The Kier molecular flexibility index (Phi) is 5.04. The molecule has 0 bridgehead atoms. The zero-order valence-corrected chi connectivity index (χ0v) is 15.2. The van der Waals surface area contributed by atoms with Gasteiger partial charge in [0, 0.05) is 36.0 Å². The van der Waals surface area contributed by atoms with Crippen molar-refractivity contribution in [1.29, 1.82) is 0 Å². The number of amides is 2. The van der Waals surface area contributed by atoms with Gasteiger partial charge < -0.3 is 14.7 Å². The molecule has 0 fully saturated rings. The molecule has 3 heterocycles. The van der Waals surface area contributed by atoms with Crippen molar-refractivity contribution in [2.45, 2.75) is 33.1 Å². The molecular formula is C18H23N3O2S. The Hall–Kier alpha value is -2.08. The van der Waals surface area contributed by atoms with E-state index in [1.54, 1.807) is 11.3 Å². The van der Waals surface area contributed by atoms with Gasteiger partial charge in [-0.2, -0.15) is 0 Å². The van der Waals surface area contributed by atoms with Crippen LogP contribution in [0.2, 0.25) is 0 Å². The Labute approximate surface area is 146 Å². The minimum atomic E-state index is -0.00455. The first-order chi connectivity index (χ1) is 11.6. The first-order valence-electron chi connectivity index (χ1n) is 8.24. The van der Waals surface area contributed by atoms with Gasteiger partial charge in [0.25, 0.3) is 0 Å². The summed E-state index contributed by atoms with van der Waals surface area (Å²) in [5.41, 5.74) is 3.34. The van der Waals surface area contributed by atoms with Crippen molar-refractivity contribution in [3.8, 4) is 0 Å². The number of nitrogens with zero attached hydrogens (tertiary/aromatic N) is 2. The average molecular weight is 345 g/mol. The van der Waals surface area contributed by atoms with E-state index < -0.39 is 0 Å². The lowest BCUT2D eigenvalue weighted by Crippen LogP contribution is -2.43. The van der Waals surface area contributed by atoms with E-state index >= 15 is 0 Å². The smallest absolute Gasteiger partial charge is 0.317 e. The summed E-state index contributed by atoms with van der Waals surface area (Å²) in [5.74, 6) is 1.01. The molecule has 0 spiro atoms. The largest absolute Gasteiger partial charge is 0.361 e. The molecule has 0 aliphatic carbocycles. The highest BCUT2D eigenvalue weighted by atomic mass is 32.1. The van der Waals surface area contributed by atoms with Gasteiger partial charge in [-0.25, -0.2) is 4.79 Å². The lowest BCUT2D eigenvalue weighted by molar-refractivity contribution is 0.202. The fourth-order valence-corrected chi connectivity index (χ4v) is 3.98. The summed E-state index contributed by atoms with van der Waals surface area (Å²) >= 11 is 1.75. The maximum Gasteiger partial charge on any atom is 0.317 e. The van der Waals surface area contributed by atoms with Crippen LogP contribution in [0.4, 0.5) is 4.79 Å². The Morgan fingerprint density at radius 3 is 2.92 bits per heavy atom. The van der Waals surface area contributed by atoms with E-state index in [-0.39, 0.29) is 11.9 Å².